The summed E-state index contributed by atoms with van der Waals surface area (Å²) in [4.78, 5) is 0. The summed E-state index contributed by atoms with van der Waals surface area (Å²) in [5, 5.41) is 3.79. The van der Waals surface area contributed by atoms with Crippen molar-refractivity contribution in [1.82, 2.24) is 5.32 Å². The molecule has 0 aromatic carbocycles. The van der Waals surface area contributed by atoms with E-state index < -0.39 is 0 Å². The molecule has 0 heterocycles. The second kappa shape index (κ2) is 6.58. The summed E-state index contributed by atoms with van der Waals surface area (Å²) in [6.45, 7) is 8.06. The Balaban J connectivity index is 1.76. The van der Waals surface area contributed by atoms with Crippen molar-refractivity contribution in [2.24, 2.45) is 22.5 Å². The predicted octanol–water partition coefficient (Wildman–Crippen LogP) is 3.70. The first kappa shape index (κ1) is 15.3. The molecule has 2 nitrogen and oxygen atoms in total. The summed E-state index contributed by atoms with van der Waals surface area (Å²) in [6.07, 6.45) is 12.5. The summed E-state index contributed by atoms with van der Waals surface area (Å²) in [6, 6.07) is 0. The zero-order valence-corrected chi connectivity index (χ0v) is 13.1. The van der Waals surface area contributed by atoms with Gasteiger partial charge in [-0.15, -0.1) is 0 Å². The monoisotopic (exact) mass is 266 g/mol. The maximum atomic E-state index is 6.10. The van der Waals surface area contributed by atoms with Crippen LogP contribution in [0.1, 0.15) is 71.6 Å². The molecule has 2 fully saturated rings. The molecule has 0 atom stereocenters. The average molecular weight is 266 g/mol. The Morgan fingerprint density at radius 1 is 1.00 bits per heavy atom. The molecule has 2 saturated carbocycles. The molecule has 0 aliphatic heterocycles. The van der Waals surface area contributed by atoms with Crippen LogP contribution in [0.25, 0.3) is 0 Å². The fourth-order valence-electron chi connectivity index (χ4n) is 4.04. The molecule has 0 bridgehead atoms. The molecule has 0 radical (unpaired) electrons. The molecular formula is C17H34N2. The zero-order chi connectivity index (χ0) is 13.8. The van der Waals surface area contributed by atoms with Crippen molar-refractivity contribution >= 4 is 0 Å². The van der Waals surface area contributed by atoms with Gasteiger partial charge < -0.3 is 11.1 Å². The highest BCUT2D eigenvalue weighted by molar-refractivity contribution is 4.89. The lowest BCUT2D eigenvalue weighted by atomic mass is 9.70. The van der Waals surface area contributed by atoms with E-state index in [1.54, 1.807) is 0 Å². The lowest BCUT2D eigenvalue weighted by molar-refractivity contribution is 0.142. The van der Waals surface area contributed by atoms with Crippen molar-refractivity contribution in [3.63, 3.8) is 0 Å². The fourth-order valence-corrected chi connectivity index (χ4v) is 4.04. The van der Waals surface area contributed by atoms with E-state index in [4.69, 9.17) is 5.73 Å². The molecular weight excluding hydrogens is 232 g/mol. The number of hydrogen-bond donors (Lipinski definition) is 2. The van der Waals surface area contributed by atoms with Gasteiger partial charge in [-0.1, -0.05) is 46.0 Å². The lowest BCUT2D eigenvalue weighted by Crippen LogP contribution is -2.45. The van der Waals surface area contributed by atoms with E-state index >= 15 is 0 Å². The molecule has 2 aliphatic rings. The van der Waals surface area contributed by atoms with Crippen LogP contribution in [0.15, 0.2) is 0 Å². The van der Waals surface area contributed by atoms with Crippen molar-refractivity contribution in [2.45, 2.75) is 71.6 Å². The molecule has 0 saturated heterocycles. The van der Waals surface area contributed by atoms with Gasteiger partial charge in [0.25, 0.3) is 0 Å². The second-order valence-electron chi connectivity index (χ2n) is 7.86. The van der Waals surface area contributed by atoms with E-state index in [-0.39, 0.29) is 0 Å². The number of nitrogens with two attached hydrogens (primary N) is 1. The minimum absolute atomic E-state index is 0.400. The van der Waals surface area contributed by atoms with Crippen molar-refractivity contribution in [1.29, 1.82) is 0 Å². The first-order chi connectivity index (χ1) is 9.08. The maximum absolute atomic E-state index is 6.10. The summed E-state index contributed by atoms with van der Waals surface area (Å²) < 4.78 is 0. The van der Waals surface area contributed by atoms with E-state index in [1.807, 2.05) is 0 Å². The third-order valence-corrected chi connectivity index (χ3v) is 5.88. The van der Waals surface area contributed by atoms with Crippen LogP contribution in [-0.4, -0.2) is 19.6 Å². The van der Waals surface area contributed by atoms with E-state index in [2.05, 4.69) is 19.2 Å². The molecule has 0 unspecified atom stereocenters. The minimum atomic E-state index is 0.400. The number of nitrogens with one attached hydrogen (secondary N) is 1. The van der Waals surface area contributed by atoms with Gasteiger partial charge in [-0.2, -0.15) is 0 Å². The zero-order valence-electron chi connectivity index (χ0n) is 13.1. The van der Waals surface area contributed by atoms with Crippen LogP contribution in [0.5, 0.6) is 0 Å². The minimum Gasteiger partial charge on any atom is -0.330 e. The summed E-state index contributed by atoms with van der Waals surface area (Å²) >= 11 is 0. The van der Waals surface area contributed by atoms with Crippen LogP contribution < -0.4 is 11.1 Å². The Bertz CT molecular complexity index is 260. The molecule has 2 heteroatoms. The molecule has 0 aromatic heterocycles. The van der Waals surface area contributed by atoms with E-state index in [0.717, 1.165) is 19.0 Å². The molecule has 2 aliphatic carbocycles. The van der Waals surface area contributed by atoms with E-state index in [9.17, 15) is 0 Å². The summed E-state index contributed by atoms with van der Waals surface area (Å²) in [5.41, 5.74) is 7.05. The molecule has 0 spiro atoms. The van der Waals surface area contributed by atoms with Gasteiger partial charge in [-0.25, -0.2) is 0 Å². The van der Waals surface area contributed by atoms with Gasteiger partial charge in [0.2, 0.25) is 0 Å². The smallest absolute Gasteiger partial charge is 0.00201 e. The maximum Gasteiger partial charge on any atom is 0.00201 e. The molecule has 19 heavy (non-hydrogen) atoms. The summed E-state index contributed by atoms with van der Waals surface area (Å²) in [5.74, 6) is 0.913. The van der Waals surface area contributed by atoms with Crippen LogP contribution in [-0.2, 0) is 0 Å². The largest absolute Gasteiger partial charge is 0.330 e. The highest BCUT2D eigenvalue weighted by Gasteiger charge is 2.33. The Morgan fingerprint density at radius 2 is 1.63 bits per heavy atom. The van der Waals surface area contributed by atoms with Gasteiger partial charge in [0.15, 0.2) is 0 Å². The average Bonchev–Trinajstić information content (AvgIpc) is 2.42. The Morgan fingerprint density at radius 3 is 2.21 bits per heavy atom. The number of rotatable bonds is 5. The van der Waals surface area contributed by atoms with Crippen molar-refractivity contribution < 1.29 is 0 Å². The molecule has 0 amide bonds. The third-order valence-electron chi connectivity index (χ3n) is 5.88. The van der Waals surface area contributed by atoms with Crippen molar-refractivity contribution in [3.8, 4) is 0 Å². The Hall–Kier alpha value is -0.0800. The van der Waals surface area contributed by atoms with Crippen molar-refractivity contribution in [2.75, 3.05) is 19.6 Å². The standard InChI is InChI=1S/C17H34N2/c1-15-6-10-17(12-18,11-7-15)14-19-13-16(2)8-4-3-5-9-16/h15,19H,3-14,18H2,1-2H3. The van der Waals surface area contributed by atoms with Gasteiger partial charge in [0, 0.05) is 13.1 Å². The lowest BCUT2D eigenvalue weighted by Gasteiger charge is -2.40. The van der Waals surface area contributed by atoms with Crippen LogP contribution in [0.4, 0.5) is 0 Å². The van der Waals surface area contributed by atoms with Gasteiger partial charge in [-0.3, -0.25) is 0 Å². The number of hydrogen-bond acceptors (Lipinski definition) is 2. The highest BCUT2D eigenvalue weighted by atomic mass is 14.9. The fraction of sp³-hybridized carbons (Fsp3) is 1.00. The van der Waals surface area contributed by atoms with Crippen LogP contribution in [0.2, 0.25) is 0 Å². The predicted molar refractivity (Wildman–Crippen MR) is 83.2 cm³/mol. The van der Waals surface area contributed by atoms with E-state index in [0.29, 0.717) is 10.8 Å². The molecule has 0 aromatic rings. The third kappa shape index (κ3) is 4.19. The first-order valence-electron chi connectivity index (χ1n) is 8.48. The normalized spacial score (nSPS) is 35.2. The van der Waals surface area contributed by atoms with Gasteiger partial charge in [-0.05, 0) is 49.0 Å². The first-order valence-corrected chi connectivity index (χ1v) is 8.48. The highest BCUT2D eigenvalue weighted by Crippen LogP contribution is 2.38. The van der Waals surface area contributed by atoms with Crippen LogP contribution >= 0.6 is 0 Å². The van der Waals surface area contributed by atoms with Crippen LogP contribution in [0, 0.1) is 16.7 Å². The van der Waals surface area contributed by atoms with Crippen molar-refractivity contribution in [3.05, 3.63) is 0 Å². The van der Waals surface area contributed by atoms with Gasteiger partial charge >= 0.3 is 0 Å². The van der Waals surface area contributed by atoms with E-state index in [1.165, 1.54) is 64.3 Å². The molecule has 3 N–H and O–H groups in total. The molecule has 2 rings (SSSR count). The topological polar surface area (TPSA) is 38.0 Å². The quantitative estimate of drug-likeness (QED) is 0.796. The Kier molecular flexibility index (Phi) is 5.30. The second-order valence-corrected chi connectivity index (χ2v) is 7.86. The molecule has 112 valence electrons. The Labute approximate surface area is 119 Å². The van der Waals surface area contributed by atoms with Gasteiger partial charge in [0.1, 0.15) is 0 Å². The van der Waals surface area contributed by atoms with Crippen LogP contribution in [0.3, 0.4) is 0 Å². The van der Waals surface area contributed by atoms with Gasteiger partial charge in [0.05, 0.1) is 0 Å². The SMILES string of the molecule is CC1CCC(CN)(CNCC2(C)CCCCC2)CC1. The summed E-state index contributed by atoms with van der Waals surface area (Å²) in [7, 11) is 0.